The van der Waals surface area contributed by atoms with Gasteiger partial charge in [0.25, 0.3) is 0 Å². The second kappa shape index (κ2) is 10.9. The van der Waals surface area contributed by atoms with Crippen LogP contribution in [0.25, 0.3) is 0 Å². The van der Waals surface area contributed by atoms with Crippen LogP contribution in [0.5, 0.6) is 11.5 Å². The van der Waals surface area contributed by atoms with Gasteiger partial charge in [0.1, 0.15) is 6.61 Å². The molecule has 0 aliphatic carbocycles. The molecule has 0 aliphatic heterocycles. The van der Waals surface area contributed by atoms with Gasteiger partial charge in [0.2, 0.25) is 5.82 Å². The summed E-state index contributed by atoms with van der Waals surface area (Å²) in [6.07, 6.45) is 5.28. The number of pyridine rings is 1. The molecule has 2 aromatic carbocycles. The van der Waals surface area contributed by atoms with Crippen molar-refractivity contribution in [2.24, 2.45) is 5.10 Å². The molecular formula is C23H21ClN4O4. The van der Waals surface area contributed by atoms with Crippen LogP contribution in [0.3, 0.4) is 0 Å². The summed E-state index contributed by atoms with van der Waals surface area (Å²) in [5, 5.41) is 15.8. The predicted octanol–water partition coefficient (Wildman–Crippen LogP) is 5.41. The van der Waals surface area contributed by atoms with Crippen molar-refractivity contribution < 1.29 is 14.4 Å². The molecule has 9 heteroatoms. The van der Waals surface area contributed by atoms with Crippen LogP contribution in [0.1, 0.15) is 16.7 Å². The van der Waals surface area contributed by atoms with Crippen molar-refractivity contribution in [1.82, 2.24) is 4.98 Å². The highest BCUT2D eigenvalue weighted by Crippen LogP contribution is 2.34. The Kier molecular flexibility index (Phi) is 7.77. The topological polar surface area (TPSA) is 98.9 Å². The molecule has 1 N–H and O–H groups in total. The zero-order valence-corrected chi connectivity index (χ0v) is 18.1. The maximum atomic E-state index is 11.1. The number of hydrogen-bond donors (Lipinski definition) is 1. The second-order valence-corrected chi connectivity index (χ2v) is 7.05. The van der Waals surface area contributed by atoms with Gasteiger partial charge < -0.3 is 9.47 Å². The highest BCUT2D eigenvalue weighted by Gasteiger charge is 2.14. The van der Waals surface area contributed by atoms with Gasteiger partial charge in [-0.05, 0) is 47.9 Å². The first kappa shape index (κ1) is 22.8. The molecular weight excluding hydrogens is 432 g/mol. The van der Waals surface area contributed by atoms with Crippen molar-refractivity contribution in [3.63, 3.8) is 0 Å². The maximum Gasteiger partial charge on any atom is 0.313 e. The maximum absolute atomic E-state index is 11.1. The quantitative estimate of drug-likeness (QED) is 0.191. The van der Waals surface area contributed by atoms with Gasteiger partial charge >= 0.3 is 5.69 Å². The Morgan fingerprint density at radius 1 is 1.28 bits per heavy atom. The van der Waals surface area contributed by atoms with Gasteiger partial charge in [-0.3, -0.25) is 15.5 Å². The fourth-order valence-electron chi connectivity index (χ4n) is 2.92. The molecule has 0 amide bonds. The van der Waals surface area contributed by atoms with Crippen LogP contribution < -0.4 is 14.9 Å². The lowest BCUT2D eigenvalue weighted by molar-refractivity contribution is -0.384. The number of methoxy groups -OCH3 is 1. The lowest BCUT2D eigenvalue weighted by atomic mass is 10.1. The van der Waals surface area contributed by atoms with Gasteiger partial charge in [-0.1, -0.05) is 29.8 Å². The number of anilines is 1. The number of nitrogens with one attached hydrogen (secondary N) is 1. The van der Waals surface area contributed by atoms with Crippen LogP contribution in [-0.2, 0) is 13.0 Å². The predicted molar refractivity (Wildman–Crippen MR) is 125 cm³/mol. The molecule has 3 rings (SSSR count). The van der Waals surface area contributed by atoms with Crippen molar-refractivity contribution in [3.8, 4) is 11.5 Å². The Morgan fingerprint density at radius 3 is 2.75 bits per heavy atom. The Labute approximate surface area is 190 Å². The van der Waals surface area contributed by atoms with E-state index in [4.69, 9.17) is 21.1 Å². The Bertz CT molecular complexity index is 1130. The first-order chi connectivity index (χ1) is 15.5. The van der Waals surface area contributed by atoms with E-state index in [2.05, 4.69) is 22.1 Å². The van der Waals surface area contributed by atoms with E-state index in [-0.39, 0.29) is 11.5 Å². The molecule has 164 valence electrons. The van der Waals surface area contributed by atoms with Crippen LogP contribution >= 0.6 is 11.6 Å². The Morgan fingerprint density at radius 2 is 2.06 bits per heavy atom. The average Bonchev–Trinajstić information content (AvgIpc) is 2.79. The molecule has 0 aliphatic rings. The fourth-order valence-corrected chi connectivity index (χ4v) is 3.04. The summed E-state index contributed by atoms with van der Waals surface area (Å²) < 4.78 is 11.6. The third kappa shape index (κ3) is 5.83. The summed E-state index contributed by atoms with van der Waals surface area (Å²) in [4.78, 5) is 14.5. The highest BCUT2D eigenvalue weighted by molar-refractivity contribution is 6.30. The molecule has 0 saturated heterocycles. The van der Waals surface area contributed by atoms with E-state index in [9.17, 15) is 10.1 Å². The van der Waals surface area contributed by atoms with Gasteiger partial charge in [0.15, 0.2) is 11.5 Å². The number of rotatable bonds is 10. The van der Waals surface area contributed by atoms with E-state index in [1.807, 2.05) is 18.2 Å². The van der Waals surface area contributed by atoms with Crippen LogP contribution in [0, 0.1) is 10.1 Å². The van der Waals surface area contributed by atoms with Crippen molar-refractivity contribution >= 4 is 29.3 Å². The van der Waals surface area contributed by atoms with Gasteiger partial charge in [0, 0.05) is 22.8 Å². The number of hydrogen-bond acceptors (Lipinski definition) is 7. The van der Waals surface area contributed by atoms with Gasteiger partial charge in [-0.15, -0.1) is 6.58 Å². The van der Waals surface area contributed by atoms with Crippen LogP contribution in [0.2, 0.25) is 5.02 Å². The number of nitrogens with zero attached hydrogens (tertiary/aromatic N) is 3. The molecule has 8 nitrogen and oxygen atoms in total. The molecule has 0 radical (unpaired) electrons. The average molecular weight is 453 g/mol. The number of nitro groups is 1. The van der Waals surface area contributed by atoms with E-state index in [1.165, 1.54) is 24.5 Å². The third-order valence-electron chi connectivity index (χ3n) is 4.40. The zero-order chi connectivity index (χ0) is 22.9. The second-order valence-electron chi connectivity index (χ2n) is 6.62. The standard InChI is InChI=1S/C23H21ClN4O4/c1-3-5-18-12-17(14-26-27-23-20(28(29)30)6-4-11-25-23)13-21(31-2)22(18)32-15-16-7-9-19(24)10-8-16/h3-4,6-14H,1,5,15H2,2H3,(H,25,27)/b26-14-. The summed E-state index contributed by atoms with van der Waals surface area (Å²) in [5.74, 6) is 1.19. The first-order valence-corrected chi connectivity index (χ1v) is 9.97. The number of halogens is 1. The van der Waals surface area contributed by atoms with Crippen LogP contribution in [0.4, 0.5) is 11.5 Å². The van der Waals surface area contributed by atoms with Crippen molar-refractivity contribution in [2.45, 2.75) is 13.0 Å². The molecule has 0 bridgehead atoms. The molecule has 0 spiro atoms. The number of hydrazone groups is 1. The monoisotopic (exact) mass is 452 g/mol. The summed E-state index contributed by atoms with van der Waals surface area (Å²) >= 11 is 5.94. The van der Waals surface area contributed by atoms with Crippen molar-refractivity contribution in [3.05, 3.63) is 99.2 Å². The summed E-state index contributed by atoms with van der Waals surface area (Å²) in [6, 6.07) is 13.9. The van der Waals surface area contributed by atoms with E-state index in [0.29, 0.717) is 35.1 Å². The largest absolute Gasteiger partial charge is 0.493 e. The van der Waals surface area contributed by atoms with Crippen LogP contribution in [-0.4, -0.2) is 23.2 Å². The fraction of sp³-hybridized carbons (Fsp3) is 0.130. The van der Waals surface area contributed by atoms with E-state index in [0.717, 1.165) is 11.1 Å². The normalized spacial score (nSPS) is 10.7. The minimum atomic E-state index is -0.525. The summed E-state index contributed by atoms with van der Waals surface area (Å²) in [5.41, 5.74) is 4.98. The third-order valence-corrected chi connectivity index (χ3v) is 4.65. The molecule has 1 aromatic heterocycles. The van der Waals surface area contributed by atoms with Gasteiger partial charge in [-0.2, -0.15) is 5.10 Å². The molecule has 32 heavy (non-hydrogen) atoms. The van der Waals surface area contributed by atoms with Gasteiger partial charge in [0.05, 0.1) is 18.2 Å². The lowest BCUT2D eigenvalue weighted by Crippen LogP contribution is -2.03. The summed E-state index contributed by atoms with van der Waals surface area (Å²) in [7, 11) is 1.55. The van der Waals surface area contributed by atoms with Crippen LogP contribution in [0.15, 0.2) is 72.5 Å². The van der Waals surface area contributed by atoms with E-state index >= 15 is 0 Å². The number of benzene rings is 2. The Balaban J connectivity index is 1.82. The molecule has 0 fully saturated rings. The van der Waals surface area contributed by atoms with E-state index in [1.54, 1.807) is 31.4 Å². The number of ether oxygens (including phenoxy) is 2. The SMILES string of the molecule is C=CCc1cc(/C=N\Nc2ncccc2[N+](=O)[O-])cc(OC)c1OCc1ccc(Cl)cc1. The zero-order valence-electron chi connectivity index (χ0n) is 17.3. The summed E-state index contributed by atoms with van der Waals surface area (Å²) in [6.45, 7) is 4.15. The van der Waals surface area contributed by atoms with Gasteiger partial charge in [-0.25, -0.2) is 4.98 Å². The minimum absolute atomic E-state index is 0.0509. The first-order valence-electron chi connectivity index (χ1n) is 9.59. The molecule has 0 atom stereocenters. The molecule has 0 unspecified atom stereocenters. The van der Waals surface area contributed by atoms with Crippen molar-refractivity contribution in [1.29, 1.82) is 0 Å². The molecule has 0 saturated carbocycles. The Hall–Kier alpha value is -3.91. The number of aromatic nitrogens is 1. The highest BCUT2D eigenvalue weighted by atomic mass is 35.5. The molecule has 3 aromatic rings. The van der Waals surface area contributed by atoms with Crippen molar-refractivity contribution in [2.75, 3.05) is 12.5 Å². The molecule has 1 heterocycles. The number of allylic oxidation sites excluding steroid dienone is 1. The smallest absolute Gasteiger partial charge is 0.313 e. The lowest BCUT2D eigenvalue weighted by Gasteiger charge is -2.16. The minimum Gasteiger partial charge on any atom is -0.493 e. The van der Waals surface area contributed by atoms with E-state index < -0.39 is 4.92 Å².